The normalized spacial score (nSPS) is 15.2. The summed E-state index contributed by atoms with van der Waals surface area (Å²) in [6, 6.07) is 17.5. The van der Waals surface area contributed by atoms with Gasteiger partial charge in [0.1, 0.15) is 13.7 Å². The van der Waals surface area contributed by atoms with E-state index < -0.39 is 0 Å². The summed E-state index contributed by atoms with van der Waals surface area (Å²) in [5, 5.41) is 4.24. The van der Waals surface area contributed by atoms with Crippen molar-refractivity contribution in [2.45, 2.75) is 19.5 Å². The van der Waals surface area contributed by atoms with Crippen LogP contribution in [0, 0.1) is 12.7 Å². The van der Waals surface area contributed by atoms with Crippen LogP contribution in [0.1, 0.15) is 33.2 Å². The summed E-state index contributed by atoms with van der Waals surface area (Å²) in [5.41, 5.74) is 4.59. The smallest absolute Gasteiger partial charge is 0.256 e. The standard InChI is InChI=1S/C27H23BFN3O2/c1-15-9-21-20(12-22(15)29)25-23(31-26(21)33)13-30-14-24(25)32(2)27(34)18-7-3-5-16(10-18)17-6-4-8-19(28)11-17/h3-12,24,30H,13-14H2,1-2H3,(H,31,33). The van der Waals surface area contributed by atoms with Gasteiger partial charge in [-0.2, -0.15) is 0 Å². The molecule has 4 aromatic rings. The minimum Gasteiger partial charge on any atom is -0.333 e. The molecule has 2 N–H and O–H groups in total. The molecule has 0 fully saturated rings. The van der Waals surface area contributed by atoms with Gasteiger partial charge >= 0.3 is 0 Å². The number of H-pyrrole nitrogens is 1. The first-order valence-electron chi connectivity index (χ1n) is 11.1. The van der Waals surface area contributed by atoms with Crippen LogP contribution >= 0.6 is 0 Å². The van der Waals surface area contributed by atoms with Crippen molar-refractivity contribution in [3.63, 3.8) is 0 Å². The van der Waals surface area contributed by atoms with Crippen LogP contribution in [0.25, 0.3) is 21.9 Å². The van der Waals surface area contributed by atoms with Gasteiger partial charge in [0.05, 0.1) is 6.04 Å². The van der Waals surface area contributed by atoms with E-state index in [1.807, 2.05) is 42.5 Å². The lowest BCUT2D eigenvalue weighted by Gasteiger charge is -2.34. The van der Waals surface area contributed by atoms with E-state index in [0.29, 0.717) is 46.1 Å². The molecule has 1 amide bonds. The lowest BCUT2D eigenvalue weighted by molar-refractivity contribution is 0.0723. The molecule has 0 bridgehead atoms. The molecule has 5 rings (SSSR count). The number of carbonyl (C=O) groups excluding carboxylic acids is 1. The van der Waals surface area contributed by atoms with Crippen molar-refractivity contribution < 1.29 is 9.18 Å². The molecule has 3 aromatic carbocycles. The average molecular weight is 451 g/mol. The number of rotatable bonds is 3. The van der Waals surface area contributed by atoms with Crippen LogP contribution in [-0.2, 0) is 6.54 Å². The zero-order valence-electron chi connectivity index (χ0n) is 19.0. The van der Waals surface area contributed by atoms with Gasteiger partial charge in [-0.25, -0.2) is 4.39 Å². The van der Waals surface area contributed by atoms with E-state index in [1.165, 1.54) is 6.07 Å². The maximum atomic E-state index is 14.5. The van der Waals surface area contributed by atoms with Crippen LogP contribution in [0.5, 0.6) is 0 Å². The summed E-state index contributed by atoms with van der Waals surface area (Å²) < 4.78 is 14.5. The highest BCUT2D eigenvalue weighted by atomic mass is 19.1. The number of aromatic amines is 1. The van der Waals surface area contributed by atoms with E-state index in [9.17, 15) is 14.0 Å². The summed E-state index contributed by atoms with van der Waals surface area (Å²) in [4.78, 5) is 30.8. The number of benzene rings is 3. The predicted octanol–water partition coefficient (Wildman–Crippen LogP) is 3.35. The monoisotopic (exact) mass is 451 g/mol. The molecule has 0 saturated carbocycles. The predicted molar refractivity (Wildman–Crippen MR) is 133 cm³/mol. The Balaban J connectivity index is 1.56. The molecule has 1 unspecified atom stereocenters. The van der Waals surface area contributed by atoms with Gasteiger partial charge < -0.3 is 15.2 Å². The van der Waals surface area contributed by atoms with Crippen molar-refractivity contribution in [2.24, 2.45) is 0 Å². The van der Waals surface area contributed by atoms with Crippen molar-refractivity contribution in [3.8, 4) is 11.1 Å². The molecule has 2 radical (unpaired) electrons. The third kappa shape index (κ3) is 3.82. The highest BCUT2D eigenvalue weighted by Gasteiger charge is 2.30. The van der Waals surface area contributed by atoms with E-state index in [-0.39, 0.29) is 23.3 Å². The number of nitrogens with one attached hydrogen (secondary N) is 2. The van der Waals surface area contributed by atoms with Crippen LogP contribution in [-0.4, -0.2) is 37.2 Å². The van der Waals surface area contributed by atoms with Crippen LogP contribution in [0.4, 0.5) is 4.39 Å². The van der Waals surface area contributed by atoms with Gasteiger partial charge in [0, 0.05) is 42.3 Å². The number of aryl methyl sites for hydroxylation is 1. The quantitative estimate of drug-likeness (QED) is 0.470. The van der Waals surface area contributed by atoms with E-state index in [0.717, 1.165) is 16.7 Å². The number of hydrogen-bond acceptors (Lipinski definition) is 3. The maximum Gasteiger partial charge on any atom is 0.256 e. The fourth-order valence-corrected chi connectivity index (χ4v) is 4.71. The van der Waals surface area contributed by atoms with Crippen molar-refractivity contribution in [1.82, 2.24) is 15.2 Å². The van der Waals surface area contributed by atoms with E-state index in [2.05, 4.69) is 10.3 Å². The molecular formula is C27H23BFN3O2. The van der Waals surface area contributed by atoms with Crippen LogP contribution in [0.3, 0.4) is 0 Å². The zero-order valence-corrected chi connectivity index (χ0v) is 19.0. The number of likely N-dealkylation sites (N-methyl/N-ethyl adjacent to an activating group) is 1. The molecule has 0 saturated heterocycles. The third-order valence-electron chi connectivity index (χ3n) is 6.51. The number of nitrogens with zero attached hydrogens (tertiary/aromatic N) is 1. The Labute approximate surface area is 198 Å². The Kier molecular flexibility index (Phi) is 5.58. The van der Waals surface area contributed by atoms with E-state index >= 15 is 0 Å². The molecule has 34 heavy (non-hydrogen) atoms. The second-order valence-corrected chi connectivity index (χ2v) is 8.76. The second-order valence-electron chi connectivity index (χ2n) is 8.76. The number of aromatic nitrogens is 1. The number of amides is 1. The van der Waals surface area contributed by atoms with E-state index in [1.54, 1.807) is 31.0 Å². The highest BCUT2D eigenvalue weighted by Crippen LogP contribution is 2.33. The molecule has 1 atom stereocenters. The first-order valence-corrected chi connectivity index (χ1v) is 11.1. The van der Waals surface area contributed by atoms with Crippen molar-refractivity contribution >= 4 is 30.0 Å². The third-order valence-corrected chi connectivity index (χ3v) is 6.51. The number of halogens is 1. The molecule has 0 aliphatic carbocycles. The first-order chi connectivity index (χ1) is 16.3. The van der Waals surface area contributed by atoms with Gasteiger partial charge in [-0.05, 0) is 53.3 Å². The number of fused-ring (bicyclic) bond motifs is 3. The Morgan fingerprint density at radius 2 is 1.79 bits per heavy atom. The Hall–Kier alpha value is -3.71. The van der Waals surface area contributed by atoms with Crippen molar-refractivity contribution in [1.29, 1.82) is 0 Å². The van der Waals surface area contributed by atoms with Gasteiger partial charge in [0.2, 0.25) is 0 Å². The largest absolute Gasteiger partial charge is 0.333 e. The van der Waals surface area contributed by atoms with Crippen LogP contribution < -0.4 is 16.3 Å². The van der Waals surface area contributed by atoms with Gasteiger partial charge in [0.15, 0.2) is 0 Å². The molecule has 2 heterocycles. The number of carbonyl (C=O) groups is 1. The number of pyridine rings is 1. The molecule has 1 aromatic heterocycles. The average Bonchev–Trinajstić information content (AvgIpc) is 2.84. The molecular weight excluding hydrogens is 428 g/mol. The van der Waals surface area contributed by atoms with Gasteiger partial charge in [-0.1, -0.05) is 41.9 Å². The van der Waals surface area contributed by atoms with Gasteiger partial charge in [0.25, 0.3) is 11.5 Å². The summed E-state index contributed by atoms with van der Waals surface area (Å²) >= 11 is 0. The van der Waals surface area contributed by atoms with Crippen LogP contribution in [0.15, 0.2) is 65.5 Å². The fourth-order valence-electron chi connectivity index (χ4n) is 4.71. The maximum absolute atomic E-state index is 14.5. The molecule has 5 nitrogen and oxygen atoms in total. The molecule has 0 spiro atoms. The first kappa shape index (κ1) is 22.1. The molecule has 7 heteroatoms. The van der Waals surface area contributed by atoms with Gasteiger partial charge in [-0.3, -0.25) is 9.59 Å². The summed E-state index contributed by atoms with van der Waals surface area (Å²) in [7, 11) is 7.66. The minimum absolute atomic E-state index is 0.169. The SMILES string of the molecule is [B]c1cccc(-c2cccc(C(=O)N(C)C3CNCc4[nH]c(=O)c5cc(C)c(F)cc5c43)c2)c1. The minimum atomic E-state index is -0.381. The molecule has 168 valence electrons. The van der Waals surface area contributed by atoms with Crippen molar-refractivity contribution in [2.75, 3.05) is 13.6 Å². The second kappa shape index (κ2) is 8.58. The summed E-state index contributed by atoms with van der Waals surface area (Å²) in [6.45, 7) is 2.57. The molecule has 1 aliphatic rings. The summed E-state index contributed by atoms with van der Waals surface area (Å²) in [5.74, 6) is -0.543. The van der Waals surface area contributed by atoms with Gasteiger partial charge in [-0.15, -0.1) is 0 Å². The van der Waals surface area contributed by atoms with Crippen LogP contribution in [0.2, 0.25) is 0 Å². The Morgan fingerprint density at radius 3 is 2.56 bits per heavy atom. The summed E-state index contributed by atoms with van der Waals surface area (Å²) in [6.07, 6.45) is 0. The lowest BCUT2D eigenvalue weighted by Crippen LogP contribution is -2.42. The topological polar surface area (TPSA) is 65.2 Å². The highest BCUT2D eigenvalue weighted by molar-refractivity contribution is 6.32. The zero-order chi connectivity index (χ0) is 24.0. The Bertz CT molecular complexity index is 1500. The molecule has 1 aliphatic heterocycles. The number of hydrogen-bond donors (Lipinski definition) is 2. The van der Waals surface area contributed by atoms with Crippen molar-refractivity contribution in [3.05, 3.63) is 99.2 Å². The Morgan fingerprint density at radius 1 is 1.06 bits per heavy atom. The van der Waals surface area contributed by atoms with E-state index in [4.69, 9.17) is 7.85 Å². The lowest BCUT2D eigenvalue weighted by atomic mass is 9.91. The fraction of sp³-hybridized carbons (Fsp3) is 0.185.